The Hall–Kier alpha value is -1.35. The molecule has 3 rings (SSSR count). The Balaban J connectivity index is 1.78. The summed E-state index contributed by atoms with van der Waals surface area (Å²) >= 11 is 0. The minimum Gasteiger partial charge on any atom is -0.338 e. The van der Waals surface area contributed by atoms with E-state index in [1.807, 2.05) is 4.90 Å². The zero-order valence-corrected chi connectivity index (χ0v) is 11.4. The second-order valence-corrected chi connectivity index (χ2v) is 5.64. The maximum absolute atomic E-state index is 11.8. The molecule has 2 heterocycles. The van der Waals surface area contributed by atoms with E-state index in [1.165, 1.54) is 24.0 Å². The lowest BCUT2D eigenvalue weighted by atomic mass is 9.87. The number of nitrogens with zero attached hydrogens (tertiary/aromatic N) is 1. The van der Waals surface area contributed by atoms with Crippen LogP contribution in [0.4, 0.5) is 0 Å². The normalized spacial score (nSPS) is 21.1. The van der Waals surface area contributed by atoms with Gasteiger partial charge in [0.25, 0.3) is 0 Å². The van der Waals surface area contributed by atoms with Gasteiger partial charge in [0.2, 0.25) is 5.91 Å². The highest BCUT2D eigenvalue weighted by molar-refractivity contribution is 5.78. The summed E-state index contributed by atoms with van der Waals surface area (Å²) in [5.41, 5.74) is 2.81. The van der Waals surface area contributed by atoms with Gasteiger partial charge in [0.15, 0.2) is 0 Å². The number of hydrogen-bond acceptors (Lipinski definition) is 2. The first-order valence-electron chi connectivity index (χ1n) is 7.41. The van der Waals surface area contributed by atoms with Crippen molar-refractivity contribution in [2.45, 2.75) is 38.1 Å². The molecule has 0 unspecified atom stereocenters. The lowest BCUT2D eigenvalue weighted by molar-refractivity contribution is -0.128. The van der Waals surface area contributed by atoms with Gasteiger partial charge in [0.1, 0.15) is 0 Å². The number of likely N-dealkylation sites (tertiary alicyclic amines) is 1. The van der Waals surface area contributed by atoms with Gasteiger partial charge in [-0.3, -0.25) is 4.79 Å². The summed E-state index contributed by atoms with van der Waals surface area (Å²) in [7, 11) is 0. The van der Waals surface area contributed by atoms with Gasteiger partial charge >= 0.3 is 0 Å². The lowest BCUT2D eigenvalue weighted by Crippen LogP contribution is -2.28. The van der Waals surface area contributed by atoms with E-state index in [0.29, 0.717) is 11.8 Å². The van der Waals surface area contributed by atoms with Crippen molar-refractivity contribution in [1.29, 1.82) is 0 Å². The lowest BCUT2D eigenvalue weighted by Gasteiger charge is -2.26. The molecule has 0 bridgehead atoms. The number of rotatable bonds is 3. The van der Waals surface area contributed by atoms with Crippen molar-refractivity contribution in [3.05, 3.63) is 35.4 Å². The Bertz CT molecular complexity index is 452. The van der Waals surface area contributed by atoms with E-state index < -0.39 is 0 Å². The summed E-state index contributed by atoms with van der Waals surface area (Å²) in [4.78, 5) is 13.8. The Morgan fingerprint density at radius 2 is 2.00 bits per heavy atom. The summed E-state index contributed by atoms with van der Waals surface area (Å²) in [5.74, 6) is 0.982. The van der Waals surface area contributed by atoms with Crippen molar-refractivity contribution in [1.82, 2.24) is 10.2 Å². The molecule has 2 aliphatic heterocycles. The van der Waals surface area contributed by atoms with E-state index >= 15 is 0 Å². The molecule has 1 aromatic rings. The molecular formula is C16H22N2O. The van der Waals surface area contributed by atoms with Gasteiger partial charge in [-0.05, 0) is 49.4 Å². The SMILES string of the molecule is O=C1CCCN1Cc1ccccc1C1CCNCC1. The van der Waals surface area contributed by atoms with Crippen molar-refractivity contribution >= 4 is 5.91 Å². The fourth-order valence-corrected chi connectivity index (χ4v) is 3.29. The fraction of sp³-hybridized carbons (Fsp3) is 0.562. The third-order valence-corrected chi connectivity index (χ3v) is 4.37. The number of amides is 1. The minimum absolute atomic E-state index is 0.320. The van der Waals surface area contributed by atoms with E-state index in [1.54, 1.807) is 0 Å². The monoisotopic (exact) mass is 258 g/mol. The highest BCUT2D eigenvalue weighted by atomic mass is 16.2. The molecule has 0 aliphatic carbocycles. The molecule has 2 aliphatic rings. The van der Waals surface area contributed by atoms with Gasteiger partial charge in [0.05, 0.1) is 0 Å². The van der Waals surface area contributed by atoms with E-state index in [9.17, 15) is 4.79 Å². The molecule has 0 saturated carbocycles. The smallest absolute Gasteiger partial charge is 0.222 e. The van der Waals surface area contributed by atoms with Gasteiger partial charge in [-0.15, -0.1) is 0 Å². The van der Waals surface area contributed by atoms with Gasteiger partial charge in [-0.1, -0.05) is 24.3 Å². The molecule has 2 fully saturated rings. The molecule has 102 valence electrons. The average molecular weight is 258 g/mol. The number of piperidine rings is 1. The molecule has 1 N–H and O–H groups in total. The average Bonchev–Trinajstić information content (AvgIpc) is 2.86. The molecule has 1 amide bonds. The van der Waals surface area contributed by atoms with E-state index in [2.05, 4.69) is 29.6 Å². The van der Waals surface area contributed by atoms with Crippen LogP contribution in [0.5, 0.6) is 0 Å². The molecule has 0 spiro atoms. The van der Waals surface area contributed by atoms with Crippen LogP contribution >= 0.6 is 0 Å². The predicted octanol–water partition coefficient (Wildman–Crippen LogP) is 2.28. The third-order valence-electron chi connectivity index (χ3n) is 4.37. The van der Waals surface area contributed by atoms with Gasteiger partial charge < -0.3 is 10.2 Å². The first-order chi connectivity index (χ1) is 9.34. The number of hydrogen-bond donors (Lipinski definition) is 1. The van der Waals surface area contributed by atoms with Gasteiger partial charge in [0, 0.05) is 19.5 Å². The van der Waals surface area contributed by atoms with Crippen molar-refractivity contribution < 1.29 is 4.79 Å². The zero-order valence-electron chi connectivity index (χ0n) is 11.4. The van der Waals surface area contributed by atoms with E-state index in [-0.39, 0.29) is 0 Å². The molecule has 2 saturated heterocycles. The summed E-state index contributed by atoms with van der Waals surface area (Å²) in [6.45, 7) is 3.96. The van der Waals surface area contributed by atoms with Crippen LogP contribution < -0.4 is 5.32 Å². The van der Waals surface area contributed by atoms with Gasteiger partial charge in [-0.25, -0.2) is 0 Å². The minimum atomic E-state index is 0.320. The van der Waals surface area contributed by atoms with Crippen LogP contribution in [0.2, 0.25) is 0 Å². The molecule has 19 heavy (non-hydrogen) atoms. The van der Waals surface area contributed by atoms with Crippen molar-refractivity contribution in [3.8, 4) is 0 Å². The van der Waals surface area contributed by atoms with Crippen LogP contribution in [0.25, 0.3) is 0 Å². The standard InChI is InChI=1S/C16H22N2O/c19-16-6-3-11-18(16)12-14-4-1-2-5-15(14)13-7-9-17-10-8-13/h1-2,4-5,13,17H,3,6-12H2. The molecule has 0 atom stereocenters. The Kier molecular flexibility index (Phi) is 3.83. The van der Waals surface area contributed by atoms with Crippen LogP contribution in [0, 0.1) is 0 Å². The number of benzene rings is 1. The molecule has 3 heteroatoms. The topological polar surface area (TPSA) is 32.3 Å². The second kappa shape index (κ2) is 5.74. The fourth-order valence-electron chi connectivity index (χ4n) is 3.29. The highest BCUT2D eigenvalue weighted by Crippen LogP contribution is 2.29. The van der Waals surface area contributed by atoms with Crippen LogP contribution in [-0.4, -0.2) is 30.4 Å². The van der Waals surface area contributed by atoms with Crippen molar-refractivity contribution in [3.63, 3.8) is 0 Å². The number of nitrogens with one attached hydrogen (secondary N) is 1. The molecule has 3 nitrogen and oxygen atoms in total. The summed E-state index contributed by atoms with van der Waals surface area (Å²) < 4.78 is 0. The van der Waals surface area contributed by atoms with Crippen LogP contribution in [0.3, 0.4) is 0 Å². The third kappa shape index (κ3) is 2.81. The quantitative estimate of drug-likeness (QED) is 0.902. The summed E-state index contributed by atoms with van der Waals surface area (Å²) in [6, 6.07) is 8.68. The van der Waals surface area contributed by atoms with Crippen LogP contribution in [-0.2, 0) is 11.3 Å². The zero-order chi connectivity index (χ0) is 13.1. The predicted molar refractivity (Wildman–Crippen MR) is 75.9 cm³/mol. The maximum Gasteiger partial charge on any atom is 0.222 e. The maximum atomic E-state index is 11.8. The first-order valence-corrected chi connectivity index (χ1v) is 7.41. The van der Waals surface area contributed by atoms with Gasteiger partial charge in [-0.2, -0.15) is 0 Å². The Morgan fingerprint density at radius 3 is 2.74 bits per heavy atom. The molecule has 0 radical (unpaired) electrons. The van der Waals surface area contributed by atoms with Crippen LogP contribution in [0.15, 0.2) is 24.3 Å². The largest absolute Gasteiger partial charge is 0.338 e. The van der Waals surface area contributed by atoms with Crippen LogP contribution in [0.1, 0.15) is 42.7 Å². The second-order valence-electron chi connectivity index (χ2n) is 5.64. The number of carbonyl (C=O) groups excluding carboxylic acids is 1. The first kappa shape index (κ1) is 12.7. The van der Waals surface area contributed by atoms with E-state index in [4.69, 9.17) is 0 Å². The summed E-state index contributed by atoms with van der Waals surface area (Å²) in [5, 5.41) is 3.42. The molecule has 1 aromatic carbocycles. The van der Waals surface area contributed by atoms with E-state index in [0.717, 1.165) is 39.0 Å². The summed E-state index contributed by atoms with van der Waals surface area (Å²) in [6.07, 6.45) is 4.18. The Labute approximate surface area is 115 Å². The Morgan fingerprint density at radius 1 is 1.21 bits per heavy atom. The number of carbonyl (C=O) groups is 1. The molecule has 0 aromatic heterocycles. The molecular weight excluding hydrogens is 236 g/mol. The highest BCUT2D eigenvalue weighted by Gasteiger charge is 2.23. The van der Waals surface area contributed by atoms with Crippen molar-refractivity contribution in [2.75, 3.05) is 19.6 Å². The van der Waals surface area contributed by atoms with Crippen molar-refractivity contribution in [2.24, 2.45) is 0 Å².